The van der Waals surface area contributed by atoms with Crippen LogP contribution in [0, 0.1) is 0 Å². The quantitative estimate of drug-likeness (QED) is 0.342. The molecule has 0 aliphatic rings. The molecular weight excluding hydrogens is 467 g/mol. The van der Waals surface area contributed by atoms with Crippen LogP contribution in [0.5, 0.6) is 0 Å². The van der Waals surface area contributed by atoms with E-state index < -0.39 is 0 Å². The molecule has 0 fully saturated rings. The van der Waals surface area contributed by atoms with Crippen LogP contribution < -0.4 is 34.0 Å². The molecule has 0 saturated carbocycles. The second-order valence-electron chi connectivity index (χ2n) is 6.18. The molecule has 2 atom stereocenters. The molecule has 0 heterocycles. The summed E-state index contributed by atoms with van der Waals surface area (Å²) in [6.45, 7) is 19.2. The molecule has 0 aromatic heterocycles. The first-order valence-electron chi connectivity index (χ1n) is 5.47. The van der Waals surface area contributed by atoms with Gasteiger partial charge in [-0.2, -0.15) is 0 Å². The molecule has 0 aromatic carbocycles. The van der Waals surface area contributed by atoms with E-state index in [-0.39, 0.29) is 69.3 Å². The molecule has 108 valence electrons. The van der Waals surface area contributed by atoms with Crippen LogP contribution in [0.4, 0.5) is 0 Å². The van der Waals surface area contributed by atoms with Crippen LogP contribution in [-0.2, 0) is 19.5 Å². The van der Waals surface area contributed by atoms with Crippen molar-refractivity contribution in [2.24, 2.45) is 0 Å². The maximum absolute atomic E-state index is 2.46. The Kier molecular flexibility index (Phi) is 18.2. The summed E-state index contributed by atoms with van der Waals surface area (Å²) in [5.41, 5.74) is 0. The summed E-state index contributed by atoms with van der Waals surface area (Å²) in [6.07, 6.45) is 2.91. The van der Waals surface area contributed by atoms with E-state index in [2.05, 4.69) is 54.9 Å². The van der Waals surface area contributed by atoms with Gasteiger partial charge in [-0.25, -0.2) is 0 Å². The van der Waals surface area contributed by atoms with Crippen LogP contribution in [0.2, 0.25) is 0 Å². The van der Waals surface area contributed by atoms with E-state index in [1.807, 2.05) is 0 Å². The largest absolute Gasteiger partial charge is 2.00 e. The Balaban J connectivity index is -0.000000282. The van der Waals surface area contributed by atoms with Crippen molar-refractivity contribution in [3.63, 3.8) is 0 Å². The first kappa shape index (κ1) is 27.7. The van der Waals surface area contributed by atoms with Crippen molar-refractivity contribution in [3.8, 4) is 0 Å². The van der Waals surface area contributed by atoms with Crippen molar-refractivity contribution < 1.29 is 53.4 Å². The molecule has 0 rings (SSSR count). The molecule has 0 aromatic rings. The normalized spacial score (nSPS) is 14.8. The molecular formula is C12H28Br2P2Ru. The second-order valence-corrected chi connectivity index (χ2v) is 12.6. The van der Waals surface area contributed by atoms with Gasteiger partial charge >= 0.3 is 19.5 Å². The van der Waals surface area contributed by atoms with E-state index in [4.69, 9.17) is 0 Å². The fourth-order valence-electron chi connectivity index (χ4n) is 0.971. The van der Waals surface area contributed by atoms with Crippen molar-refractivity contribution in [2.75, 3.05) is 25.7 Å². The third kappa shape index (κ3) is 13.2. The summed E-state index contributed by atoms with van der Waals surface area (Å²) in [7, 11) is 0.430. The molecule has 0 aliphatic carbocycles. The summed E-state index contributed by atoms with van der Waals surface area (Å²) in [5, 5.41) is 1.09. The van der Waals surface area contributed by atoms with Crippen LogP contribution in [0.1, 0.15) is 41.5 Å². The van der Waals surface area contributed by atoms with Gasteiger partial charge in [-0.05, 0) is 36.0 Å². The summed E-state index contributed by atoms with van der Waals surface area (Å²) in [6, 6.07) is 0. The maximum Gasteiger partial charge on any atom is 2.00 e. The number of halogens is 2. The van der Waals surface area contributed by atoms with Crippen molar-refractivity contribution in [3.05, 3.63) is 0 Å². The first-order chi connectivity index (χ1) is 6.05. The monoisotopic (exact) mass is 494 g/mol. The van der Waals surface area contributed by atoms with Crippen LogP contribution in [0.25, 0.3) is 0 Å². The van der Waals surface area contributed by atoms with Crippen LogP contribution in [0.15, 0.2) is 0 Å². The molecule has 0 spiro atoms. The van der Waals surface area contributed by atoms with E-state index in [1.165, 1.54) is 12.3 Å². The van der Waals surface area contributed by atoms with Gasteiger partial charge in [0.05, 0.1) is 0 Å². The Hall–Kier alpha value is 2.44. The number of hydrogen-bond donors (Lipinski definition) is 0. The van der Waals surface area contributed by atoms with Gasteiger partial charge in [-0.3, -0.25) is 0 Å². The Morgan fingerprint density at radius 1 is 0.647 bits per heavy atom. The predicted molar refractivity (Wildman–Crippen MR) is 74.9 cm³/mol. The molecule has 5 heteroatoms. The second kappa shape index (κ2) is 11.1. The van der Waals surface area contributed by atoms with E-state index in [0.29, 0.717) is 10.3 Å². The van der Waals surface area contributed by atoms with Crippen molar-refractivity contribution >= 4 is 15.8 Å². The average Bonchev–Trinajstić information content (AvgIpc) is 1.95. The SMILES string of the molecule is CP(CCP(C)C(C)(C)C)C(C)(C)C.[Br-].[Br-].[Ru+2]. The third-order valence-electron chi connectivity index (χ3n) is 3.06. The molecule has 0 radical (unpaired) electrons. The van der Waals surface area contributed by atoms with Gasteiger partial charge in [0.1, 0.15) is 0 Å². The zero-order valence-corrected chi connectivity index (χ0v) is 19.1. The maximum atomic E-state index is 2.46. The first-order valence-corrected chi connectivity index (χ1v) is 9.42. The molecule has 0 nitrogen and oxygen atoms in total. The topological polar surface area (TPSA) is 0 Å². The molecule has 17 heavy (non-hydrogen) atoms. The number of hydrogen-bond acceptors (Lipinski definition) is 0. The van der Waals surface area contributed by atoms with Gasteiger partial charge < -0.3 is 34.0 Å². The van der Waals surface area contributed by atoms with E-state index >= 15 is 0 Å². The minimum atomic E-state index is 0. The fourth-order valence-corrected chi connectivity index (χ4v) is 4.71. The molecule has 0 N–H and O–H groups in total. The van der Waals surface area contributed by atoms with Crippen molar-refractivity contribution in [2.45, 2.75) is 51.9 Å². The van der Waals surface area contributed by atoms with Crippen LogP contribution in [0.3, 0.4) is 0 Å². The van der Waals surface area contributed by atoms with Gasteiger partial charge in [0.15, 0.2) is 0 Å². The minimum absolute atomic E-state index is 0. The Labute approximate surface area is 146 Å². The standard InChI is InChI=1S/C12H28P2.2BrH.Ru/c1-11(2,3)13(7)9-10-14(8)12(4,5)6;;;/h9-10H2,1-8H3;2*1H;/q;;;+2/p-2. The van der Waals surface area contributed by atoms with Crippen molar-refractivity contribution in [1.29, 1.82) is 0 Å². The number of rotatable bonds is 3. The van der Waals surface area contributed by atoms with Gasteiger partial charge in [0, 0.05) is 0 Å². The average molecular weight is 495 g/mol. The zero-order chi connectivity index (χ0) is 11.6. The molecule has 0 bridgehead atoms. The molecule has 0 aliphatic heterocycles. The molecule has 0 saturated heterocycles. The summed E-state index contributed by atoms with van der Waals surface area (Å²) in [4.78, 5) is 0. The fraction of sp³-hybridized carbons (Fsp3) is 1.00. The summed E-state index contributed by atoms with van der Waals surface area (Å²) >= 11 is 0. The van der Waals surface area contributed by atoms with E-state index in [1.54, 1.807) is 0 Å². The van der Waals surface area contributed by atoms with Gasteiger partial charge in [0.2, 0.25) is 0 Å². The minimum Gasteiger partial charge on any atom is -1.00 e. The Bertz CT molecular complexity index is 156. The molecule has 0 amide bonds. The van der Waals surface area contributed by atoms with Gasteiger partial charge in [-0.15, -0.1) is 15.8 Å². The van der Waals surface area contributed by atoms with Crippen LogP contribution >= 0.6 is 15.8 Å². The van der Waals surface area contributed by atoms with E-state index in [0.717, 1.165) is 0 Å². The Morgan fingerprint density at radius 3 is 0.941 bits per heavy atom. The summed E-state index contributed by atoms with van der Waals surface area (Å²) < 4.78 is 0. The van der Waals surface area contributed by atoms with E-state index in [9.17, 15) is 0 Å². The van der Waals surface area contributed by atoms with Gasteiger partial charge in [-0.1, -0.05) is 41.5 Å². The molecule has 2 unspecified atom stereocenters. The smallest absolute Gasteiger partial charge is 1.00 e. The predicted octanol–water partition coefficient (Wildman–Crippen LogP) is -1.19. The Morgan fingerprint density at radius 2 is 0.824 bits per heavy atom. The summed E-state index contributed by atoms with van der Waals surface area (Å²) in [5.74, 6) is 0. The van der Waals surface area contributed by atoms with Crippen molar-refractivity contribution in [1.82, 2.24) is 0 Å². The van der Waals surface area contributed by atoms with Gasteiger partial charge in [0.25, 0.3) is 0 Å². The zero-order valence-electron chi connectivity index (χ0n) is 12.4. The third-order valence-corrected chi connectivity index (χ3v) is 9.78. The van der Waals surface area contributed by atoms with Crippen LogP contribution in [-0.4, -0.2) is 36.0 Å².